The van der Waals surface area contributed by atoms with Gasteiger partial charge in [0.15, 0.2) is 0 Å². The second kappa shape index (κ2) is 5.31. The van der Waals surface area contributed by atoms with E-state index in [4.69, 9.17) is 0 Å². The molecule has 1 heterocycles. The summed E-state index contributed by atoms with van der Waals surface area (Å²) >= 11 is 0. The number of rotatable bonds is 6. The number of hydrogen-bond donors (Lipinski definition) is 1. The summed E-state index contributed by atoms with van der Waals surface area (Å²) in [5.74, 6) is 0. The molecule has 0 spiro atoms. The van der Waals surface area contributed by atoms with Crippen LogP contribution in [0, 0.1) is 0 Å². The minimum Gasteiger partial charge on any atom is -0.384 e. The topological polar surface area (TPSA) is 38.0 Å². The van der Waals surface area contributed by atoms with Gasteiger partial charge in [-0.05, 0) is 25.3 Å². The van der Waals surface area contributed by atoms with Gasteiger partial charge in [-0.2, -0.15) is 5.10 Å². The fourth-order valence-electron chi connectivity index (χ4n) is 2.02. The van der Waals surface area contributed by atoms with Crippen molar-refractivity contribution in [3.63, 3.8) is 0 Å². The standard InChI is InChI=1S/C12H22N2O/c1-4-8-12(15,6-3)11-7-9-13-14(11)10-5-2/h7,9,15H,4-6,8,10H2,1-3H3. The van der Waals surface area contributed by atoms with Gasteiger partial charge in [-0.15, -0.1) is 0 Å². The highest BCUT2D eigenvalue weighted by Crippen LogP contribution is 2.29. The van der Waals surface area contributed by atoms with Crippen LogP contribution >= 0.6 is 0 Å². The van der Waals surface area contributed by atoms with Crippen LogP contribution in [0.2, 0.25) is 0 Å². The molecule has 1 aromatic rings. The molecule has 1 rings (SSSR count). The van der Waals surface area contributed by atoms with Crippen molar-refractivity contribution in [3.05, 3.63) is 18.0 Å². The largest absolute Gasteiger partial charge is 0.384 e. The first-order chi connectivity index (χ1) is 7.18. The Balaban J connectivity index is 2.95. The van der Waals surface area contributed by atoms with Crippen molar-refractivity contribution in [2.75, 3.05) is 0 Å². The molecule has 0 radical (unpaired) electrons. The van der Waals surface area contributed by atoms with Crippen molar-refractivity contribution in [1.82, 2.24) is 9.78 Å². The zero-order valence-corrected chi connectivity index (χ0v) is 10.0. The highest BCUT2D eigenvalue weighted by Gasteiger charge is 2.29. The molecule has 0 aliphatic rings. The van der Waals surface area contributed by atoms with E-state index in [0.717, 1.165) is 37.9 Å². The van der Waals surface area contributed by atoms with Crippen LogP contribution in [0.25, 0.3) is 0 Å². The molecular weight excluding hydrogens is 188 g/mol. The van der Waals surface area contributed by atoms with E-state index in [9.17, 15) is 5.11 Å². The summed E-state index contributed by atoms with van der Waals surface area (Å²) in [7, 11) is 0. The fourth-order valence-corrected chi connectivity index (χ4v) is 2.02. The minimum absolute atomic E-state index is 0.694. The molecular formula is C12H22N2O. The monoisotopic (exact) mass is 210 g/mol. The number of hydrogen-bond acceptors (Lipinski definition) is 2. The van der Waals surface area contributed by atoms with Gasteiger partial charge in [-0.1, -0.05) is 27.2 Å². The molecule has 0 fully saturated rings. The van der Waals surface area contributed by atoms with E-state index in [-0.39, 0.29) is 0 Å². The first-order valence-corrected chi connectivity index (χ1v) is 5.92. The second-order valence-corrected chi connectivity index (χ2v) is 4.07. The molecule has 0 aliphatic heterocycles. The molecule has 86 valence electrons. The van der Waals surface area contributed by atoms with Crippen LogP contribution < -0.4 is 0 Å². The maximum atomic E-state index is 10.5. The molecule has 0 saturated heterocycles. The van der Waals surface area contributed by atoms with E-state index in [1.165, 1.54) is 0 Å². The highest BCUT2D eigenvalue weighted by atomic mass is 16.3. The van der Waals surface area contributed by atoms with Crippen LogP contribution in [0.15, 0.2) is 12.3 Å². The van der Waals surface area contributed by atoms with Gasteiger partial charge in [0.05, 0.1) is 5.69 Å². The normalized spacial score (nSPS) is 15.2. The zero-order valence-electron chi connectivity index (χ0n) is 10.0. The third kappa shape index (κ3) is 2.59. The van der Waals surface area contributed by atoms with Gasteiger partial charge >= 0.3 is 0 Å². The van der Waals surface area contributed by atoms with Gasteiger partial charge in [0.2, 0.25) is 0 Å². The van der Waals surface area contributed by atoms with Crippen molar-refractivity contribution in [2.24, 2.45) is 0 Å². The Morgan fingerprint density at radius 2 is 2.07 bits per heavy atom. The Morgan fingerprint density at radius 1 is 1.33 bits per heavy atom. The molecule has 0 aromatic carbocycles. The molecule has 1 atom stereocenters. The lowest BCUT2D eigenvalue weighted by Gasteiger charge is -2.27. The Bertz CT molecular complexity index is 296. The van der Waals surface area contributed by atoms with Gasteiger partial charge in [-0.25, -0.2) is 0 Å². The summed E-state index contributed by atoms with van der Waals surface area (Å²) in [6, 6.07) is 1.94. The molecule has 15 heavy (non-hydrogen) atoms. The van der Waals surface area contributed by atoms with E-state index >= 15 is 0 Å². The van der Waals surface area contributed by atoms with Crippen molar-refractivity contribution >= 4 is 0 Å². The number of aromatic nitrogens is 2. The fraction of sp³-hybridized carbons (Fsp3) is 0.750. The van der Waals surface area contributed by atoms with E-state index in [1.54, 1.807) is 6.20 Å². The Hall–Kier alpha value is -0.830. The Labute approximate surface area is 92.1 Å². The van der Waals surface area contributed by atoms with E-state index in [2.05, 4.69) is 18.9 Å². The van der Waals surface area contributed by atoms with Crippen LogP contribution in [0.3, 0.4) is 0 Å². The second-order valence-electron chi connectivity index (χ2n) is 4.07. The third-order valence-corrected chi connectivity index (χ3v) is 2.88. The lowest BCUT2D eigenvalue weighted by Crippen LogP contribution is -2.28. The van der Waals surface area contributed by atoms with Crippen LogP contribution in [-0.2, 0) is 12.1 Å². The van der Waals surface area contributed by atoms with Gasteiger partial charge in [0.25, 0.3) is 0 Å². The van der Waals surface area contributed by atoms with Crippen LogP contribution in [0.4, 0.5) is 0 Å². The Kier molecular flexibility index (Phi) is 4.33. The quantitative estimate of drug-likeness (QED) is 0.784. The number of aliphatic hydroxyl groups is 1. The van der Waals surface area contributed by atoms with Crippen LogP contribution in [0.1, 0.15) is 52.1 Å². The summed E-state index contributed by atoms with van der Waals surface area (Å²) in [5.41, 5.74) is 0.272. The van der Waals surface area contributed by atoms with E-state index in [1.807, 2.05) is 17.7 Å². The van der Waals surface area contributed by atoms with Gasteiger partial charge < -0.3 is 5.11 Å². The lowest BCUT2D eigenvalue weighted by molar-refractivity contribution is 0.0136. The molecule has 3 nitrogen and oxygen atoms in total. The van der Waals surface area contributed by atoms with Gasteiger partial charge in [0, 0.05) is 12.7 Å². The SMILES string of the molecule is CCCn1nccc1C(O)(CC)CCC. The smallest absolute Gasteiger partial charge is 0.106 e. The number of nitrogens with zero attached hydrogens (tertiary/aromatic N) is 2. The molecule has 1 unspecified atom stereocenters. The first kappa shape index (κ1) is 12.2. The van der Waals surface area contributed by atoms with E-state index < -0.39 is 5.60 Å². The van der Waals surface area contributed by atoms with Crippen molar-refractivity contribution in [2.45, 2.75) is 58.6 Å². The number of aryl methyl sites for hydroxylation is 1. The van der Waals surface area contributed by atoms with Gasteiger partial charge in [0.1, 0.15) is 5.60 Å². The molecule has 0 amide bonds. The predicted octanol–water partition coefficient (Wildman–Crippen LogP) is 2.69. The predicted molar refractivity (Wildman–Crippen MR) is 61.6 cm³/mol. The maximum absolute atomic E-state index is 10.5. The molecule has 0 saturated carbocycles. The highest BCUT2D eigenvalue weighted by molar-refractivity contribution is 5.11. The zero-order chi connectivity index (χ0) is 11.3. The van der Waals surface area contributed by atoms with Crippen molar-refractivity contribution in [1.29, 1.82) is 0 Å². The average molecular weight is 210 g/mol. The van der Waals surface area contributed by atoms with Crippen molar-refractivity contribution in [3.8, 4) is 0 Å². The molecule has 1 aromatic heterocycles. The first-order valence-electron chi connectivity index (χ1n) is 5.92. The van der Waals surface area contributed by atoms with Crippen molar-refractivity contribution < 1.29 is 5.11 Å². The summed E-state index contributed by atoms with van der Waals surface area (Å²) in [6.45, 7) is 7.13. The van der Waals surface area contributed by atoms with Crippen LogP contribution in [0.5, 0.6) is 0 Å². The summed E-state index contributed by atoms with van der Waals surface area (Å²) in [4.78, 5) is 0. The summed E-state index contributed by atoms with van der Waals surface area (Å²) < 4.78 is 1.93. The van der Waals surface area contributed by atoms with Gasteiger partial charge in [-0.3, -0.25) is 4.68 Å². The Morgan fingerprint density at radius 3 is 2.60 bits per heavy atom. The average Bonchev–Trinajstić information content (AvgIpc) is 2.67. The molecule has 1 N–H and O–H groups in total. The lowest BCUT2D eigenvalue weighted by atomic mass is 9.91. The summed E-state index contributed by atoms with van der Waals surface area (Å²) in [5, 5.41) is 14.8. The molecule has 0 bridgehead atoms. The molecule has 3 heteroatoms. The molecule has 0 aliphatic carbocycles. The summed E-state index contributed by atoms with van der Waals surface area (Å²) in [6.07, 6.45) is 5.36. The van der Waals surface area contributed by atoms with E-state index in [0.29, 0.717) is 0 Å². The minimum atomic E-state index is -0.694. The maximum Gasteiger partial charge on any atom is 0.106 e. The van der Waals surface area contributed by atoms with Crippen LogP contribution in [-0.4, -0.2) is 14.9 Å². The third-order valence-electron chi connectivity index (χ3n) is 2.88.